The van der Waals surface area contributed by atoms with Gasteiger partial charge in [-0.15, -0.1) is 10.2 Å². The van der Waals surface area contributed by atoms with Crippen LogP contribution in [0.3, 0.4) is 0 Å². The molecule has 0 fully saturated rings. The first-order valence-electron chi connectivity index (χ1n) is 9.95. The molecular weight excluding hydrogens is 400 g/mol. The minimum atomic E-state index is -0.234. The SMILES string of the molecule is CCC(Sc1cc(C)c2cc(C)cc(C)c2n1)C(=O)Nc1nnc(CC(C)C)s1. The van der Waals surface area contributed by atoms with E-state index >= 15 is 0 Å². The number of amides is 1. The third-order valence-electron chi connectivity index (χ3n) is 4.64. The van der Waals surface area contributed by atoms with Crippen LogP contribution in [0.15, 0.2) is 23.2 Å². The molecule has 2 aromatic heterocycles. The Morgan fingerprint density at radius 1 is 1.14 bits per heavy atom. The lowest BCUT2D eigenvalue weighted by Gasteiger charge is -2.15. The number of carbonyl (C=O) groups is 1. The monoisotopic (exact) mass is 428 g/mol. The molecular formula is C22H28N4OS2. The Morgan fingerprint density at radius 2 is 1.90 bits per heavy atom. The number of carbonyl (C=O) groups excluding carboxylic acids is 1. The minimum absolute atomic E-state index is 0.0510. The van der Waals surface area contributed by atoms with Crippen LogP contribution in [0.2, 0.25) is 0 Å². The maximum Gasteiger partial charge on any atom is 0.239 e. The number of fused-ring (bicyclic) bond motifs is 1. The van der Waals surface area contributed by atoms with Crippen LogP contribution in [0, 0.1) is 26.7 Å². The number of aromatic nitrogens is 3. The normalized spacial score (nSPS) is 12.5. The number of hydrogen-bond donors (Lipinski definition) is 1. The van der Waals surface area contributed by atoms with Crippen molar-refractivity contribution >= 4 is 45.0 Å². The van der Waals surface area contributed by atoms with Crippen molar-refractivity contribution in [1.29, 1.82) is 0 Å². The molecule has 0 aliphatic heterocycles. The van der Waals surface area contributed by atoms with Gasteiger partial charge in [-0.1, -0.05) is 55.5 Å². The zero-order valence-electron chi connectivity index (χ0n) is 17.9. The highest BCUT2D eigenvalue weighted by Crippen LogP contribution is 2.31. The lowest BCUT2D eigenvalue weighted by molar-refractivity contribution is -0.115. The minimum Gasteiger partial charge on any atom is -0.300 e. The van der Waals surface area contributed by atoms with Crippen molar-refractivity contribution in [3.8, 4) is 0 Å². The van der Waals surface area contributed by atoms with Crippen molar-refractivity contribution in [2.24, 2.45) is 5.92 Å². The molecule has 5 nitrogen and oxygen atoms in total. The van der Waals surface area contributed by atoms with Gasteiger partial charge in [0.25, 0.3) is 0 Å². The smallest absolute Gasteiger partial charge is 0.239 e. The van der Waals surface area contributed by atoms with E-state index in [4.69, 9.17) is 4.98 Å². The van der Waals surface area contributed by atoms with Gasteiger partial charge in [0.2, 0.25) is 11.0 Å². The molecule has 1 aromatic carbocycles. The highest BCUT2D eigenvalue weighted by atomic mass is 32.2. The van der Waals surface area contributed by atoms with Crippen LogP contribution in [0.1, 0.15) is 48.9 Å². The molecule has 1 unspecified atom stereocenters. The summed E-state index contributed by atoms with van der Waals surface area (Å²) in [6.45, 7) is 12.6. The van der Waals surface area contributed by atoms with Crippen LogP contribution in [0.5, 0.6) is 0 Å². The summed E-state index contributed by atoms with van der Waals surface area (Å²) in [6.07, 6.45) is 1.58. The van der Waals surface area contributed by atoms with Crippen molar-refractivity contribution in [1.82, 2.24) is 15.2 Å². The number of thioether (sulfide) groups is 1. The summed E-state index contributed by atoms with van der Waals surface area (Å²) in [5, 5.41) is 14.6. The number of nitrogens with zero attached hydrogens (tertiary/aromatic N) is 3. The van der Waals surface area contributed by atoms with E-state index in [0.717, 1.165) is 27.5 Å². The van der Waals surface area contributed by atoms with Gasteiger partial charge in [0.1, 0.15) is 5.01 Å². The molecule has 0 radical (unpaired) electrons. The zero-order chi connectivity index (χ0) is 21.1. The molecule has 3 aromatic rings. The molecule has 0 saturated heterocycles. The number of benzene rings is 1. The average Bonchev–Trinajstić information content (AvgIpc) is 3.06. The molecule has 154 valence electrons. The van der Waals surface area contributed by atoms with Gasteiger partial charge in [0.15, 0.2) is 0 Å². The van der Waals surface area contributed by atoms with E-state index in [2.05, 4.69) is 68.3 Å². The first-order chi connectivity index (χ1) is 13.8. The Kier molecular flexibility index (Phi) is 6.90. The summed E-state index contributed by atoms with van der Waals surface area (Å²) >= 11 is 2.96. The molecule has 7 heteroatoms. The highest BCUT2D eigenvalue weighted by molar-refractivity contribution is 8.00. The van der Waals surface area contributed by atoms with Crippen molar-refractivity contribution in [3.63, 3.8) is 0 Å². The maximum absolute atomic E-state index is 12.8. The molecule has 29 heavy (non-hydrogen) atoms. The van der Waals surface area contributed by atoms with Crippen LogP contribution >= 0.6 is 23.1 Å². The molecule has 0 spiro atoms. The van der Waals surface area contributed by atoms with E-state index in [-0.39, 0.29) is 11.2 Å². The second-order valence-electron chi connectivity index (χ2n) is 7.86. The molecule has 1 amide bonds. The Hall–Kier alpha value is -1.99. The first-order valence-corrected chi connectivity index (χ1v) is 11.6. The van der Waals surface area contributed by atoms with Gasteiger partial charge in [0, 0.05) is 11.8 Å². The third-order valence-corrected chi connectivity index (χ3v) is 6.78. The van der Waals surface area contributed by atoms with Crippen LogP contribution in [-0.2, 0) is 11.2 Å². The molecule has 2 heterocycles. The van der Waals surface area contributed by atoms with E-state index in [1.807, 2.05) is 6.92 Å². The Balaban J connectivity index is 1.77. The number of aryl methyl sites for hydroxylation is 3. The Bertz CT molecular complexity index is 1030. The second kappa shape index (κ2) is 9.22. The largest absolute Gasteiger partial charge is 0.300 e. The maximum atomic E-state index is 12.8. The quantitative estimate of drug-likeness (QED) is 0.488. The van der Waals surface area contributed by atoms with E-state index in [1.54, 1.807) is 0 Å². The van der Waals surface area contributed by atoms with Gasteiger partial charge in [0.05, 0.1) is 15.8 Å². The third kappa shape index (κ3) is 5.34. The highest BCUT2D eigenvalue weighted by Gasteiger charge is 2.21. The van der Waals surface area contributed by atoms with E-state index in [9.17, 15) is 4.79 Å². The molecule has 0 saturated carbocycles. The van der Waals surface area contributed by atoms with Crippen LogP contribution in [-0.4, -0.2) is 26.3 Å². The number of rotatable bonds is 7. The van der Waals surface area contributed by atoms with Crippen LogP contribution in [0.25, 0.3) is 10.9 Å². The molecule has 0 aliphatic rings. The van der Waals surface area contributed by atoms with Crippen molar-refractivity contribution in [2.45, 2.75) is 64.7 Å². The van der Waals surface area contributed by atoms with Crippen LogP contribution < -0.4 is 5.32 Å². The number of hydrogen-bond acceptors (Lipinski definition) is 6. The van der Waals surface area contributed by atoms with E-state index in [0.29, 0.717) is 17.5 Å². The zero-order valence-corrected chi connectivity index (χ0v) is 19.5. The second-order valence-corrected chi connectivity index (χ2v) is 10.1. The lowest BCUT2D eigenvalue weighted by atomic mass is 10.0. The fourth-order valence-electron chi connectivity index (χ4n) is 3.26. The fourth-order valence-corrected chi connectivity index (χ4v) is 5.23. The average molecular weight is 429 g/mol. The molecule has 3 rings (SSSR count). The summed E-state index contributed by atoms with van der Waals surface area (Å²) in [5.74, 6) is 0.463. The number of anilines is 1. The van der Waals surface area contributed by atoms with Gasteiger partial charge >= 0.3 is 0 Å². The van der Waals surface area contributed by atoms with Gasteiger partial charge < -0.3 is 0 Å². The molecule has 0 aliphatic carbocycles. The van der Waals surface area contributed by atoms with Gasteiger partial charge in [-0.05, 0) is 56.4 Å². The van der Waals surface area contributed by atoms with Crippen molar-refractivity contribution in [3.05, 3.63) is 39.9 Å². The summed E-state index contributed by atoms with van der Waals surface area (Å²) in [7, 11) is 0. The standard InChI is InChI=1S/C22H28N4OS2/c1-7-17(21(27)24-22-26-25-19(29-22)8-12(2)3)28-18-11-14(5)16-10-13(4)9-15(6)20(16)23-18/h9-12,17H,7-8H2,1-6H3,(H,24,26,27). The summed E-state index contributed by atoms with van der Waals surface area (Å²) in [5.41, 5.74) is 4.59. The number of pyridine rings is 1. The first kappa shape index (κ1) is 21.7. The topological polar surface area (TPSA) is 67.8 Å². The van der Waals surface area contributed by atoms with Gasteiger partial charge in [-0.25, -0.2) is 4.98 Å². The molecule has 1 N–H and O–H groups in total. The fraction of sp³-hybridized carbons (Fsp3) is 0.455. The summed E-state index contributed by atoms with van der Waals surface area (Å²) in [4.78, 5) is 17.7. The van der Waals surface area contributed by atoms with Gasteiger partial charge in [-0.3, -0.25) is 10.1 Å². The molecule has 0 bridgehead atoms. The Labute approximate surface area is 180 Å². The summed E-state index contributed by atoms with van der Waals surface area (Å²) < 4.78 is 0. The number of nitrogens with one attached hydrogen (secondary N) is 1. The predicted molar refractivity (Wildman–Crippen MR) is 123 cm³/mol. The van der Waals surface area contributed by atoms with Crippen LogP contribution in [0.4, 0.5) is 5.13 Å². The Morgan fingerprint density at radius 3 is 2.59 bits per heavy atom. The van der Waals surface area contributed by atoms with Crippen molar-refractivity contribution in [2.75, 3.05) is 5.32 Å². The lowest BCUT2D eigenvalue weighted by Crippen LogP contribution is -2.24. The predicted octanol–water partition coefficient (Wildman–Crippen LogP) is 5.72. The summed E-state index contributed by atoms with van der Waals surface area (Å²) in [6, 6.07) is 6.40. The molecule has 1 atom stereocenters. The van der Waals surface area contributed by atoms with E-state index < -0.39 is 0 Å². The van der Waals surface area contributed by atoms with Gasteiger partial charge in [-0.2, -0.15) is 0 Å². The van der Waals surface area contributed by atoms with Crippen molar-refractivity contribution < 1.29 is 4.79 Å². The van der Waals surface area contributed by atoms with E-state index in [1.165, 1.54) is 39.6 Å².